The Morgan fingerprint density at radius 1 is 1.32 bits per heavy atom. The molecule has 1 unspecified atom stereocenters. The largest absolute Gasteiger partial charge is 0.490 e. The summed E-state index contributed by atoms with van der Waals surface area (Å²) in [5.74, 6) is 0.494. The van der Waals surface area contributed by atoms with Crippen LogP contribution in [0.1, 0.15) is 44.5 Å². The topological polar surface area (TPSA) is 81.2 Å². The molecule has 2 aromatic rings. The summed E-state index contributed by atoms with van der Waals surface area (Å²) in [7, 11) is 0. The van der Waals surface area contributed by atoms with E-state index in [4.69, 9.17) is 4.74 Å². The van der Waals surface area contributed by atoms with Gasteiger partial charge in [0.05, 0.1) is 11.3 Å². The van der Waals surface area contributed by atoms with Crippen molar-refractivity contribution in [2.75, 3.05) is 6.61 Å². The van der Waals surface area contributed by atoms with Crippen LogP contribution in [0.4, 0.5) is 0 Å². The van der Waals surface area contributed by atoms with Gasteiger partial charge < -0.3 is 10.1 Å². The van der Waals surface area contributed by atoms with Gasteiger partial charge in [-0.1, -0.05) is 16.6 Å². The molecule has 4 rings (SSSR count). The first-order valence-electron chi connectivity index (χ1n) is 7.13. The molecule has 1 fully saturated rings. The van der Waals surface area contributed by atoms with Gasteiger partial charge in [-0.3, -0.25) is 9.59 Å². The lowest BCUT2D eigenvalue weighted by molar-refractivity contribution is 0.0796. The minimum absolute atomic E-state index is 0.124. The van der Waals surface area contributed by atoms with Gasteiger partial charge in [-0.05, 0) is 36.5 Å². The highest BCUT2D eigenvalue weighted by Crippen LogP contribution is 2.41. The third-order valence-corrected chi connectivity index (χ3v) is 4.60. The van der Waals surface area contributed by atoms with E-state index in [1.807, 2.05) is 6.07 Å². The number of rotatable bonds is 3. The third kappa shape index (κ3) is 2.27. The van der Waals surface area contributed by atoms with E-state index in [0.717, 1.165) is 30.1 Å². The fraction of sp³-hybridized carbons (Fsp3) is 0.333. The van der Waals surface area contributed by atoms with Crippen molar-refractivity contribution in [3.05, 3.63) is 40.4 Å². The quantitative estimate of drug-likeness (QED) is 0.934. The maximum Gasteiger partial charge on any atom is 0.265 e. The Hall–Kier alpha value is -2.28. The second kappa shape index (κ2) is 5.17. The fourth-order valence-corrected chi connectivity index (χ4v) is 3.20. The van der Waals surface area contributed by atoms with Crippen LogP contribution in [-0.4, -0.2) is 33.9 Å². The SMILES string of the molecule is O=C(NC1COc2ccccc2C1=O)c1snnc1C1CC1. The number of carbonyl (C=O) groups is 2. The molecule has 0 spiro atoms. The van der Waals surface area contributed by atoms with Crippen molar-refractivity contribution in [3.63, 3.8) is 0 Å². The predicted molar refractivity (Wildman–Crippen MR) is 79.4 cm³/mol. The van der Waals surface area contributed by atoms with Crippen LogP contribution in [0.25, 0.3) is 0 Å². The normalized spacial score (nSPS) is 20.2. The van der Waals surface area contributed by atoms with Gasteiger partial charge in [0.15, 0.2) is 5.78 Å². The summed E-state index contributed by atoms with van der Waals surface area (Å²) in [6, 6.07) is 6.39. The molecule has 1 saturated carbocycles. The lowest BCUT2D eigenvalue weighted by Gasteiger charge is -2.24. The lowest BCUT2D eigenvalue weighted by Crippen LogP contribution is -2.47. The Kier molecular flexibility index (Phi) is 3.15. The van der Waals surface area contributed by atoms with Crippen molar-refractivity contribution in [3.8, 4) is 5.75 Å². The number of carbonyl (C=O) groups excluding carboxylic acids is 2. The molecule has 7 heteroatoms. The van der Waals surface area contributed by atoms with Crippen LogP contribution < -0.4 is 10.1 Å². The predicted octanol–water partition coefficient (Wildman–Crippen LogP) is 1.79. The number of aromatic nitrogens is 2. The summed E-state index contributed by atoms with van der Waals surface area (Å²) in [5.41, 5.74) is 1.26. The standard InChI is InChI=1S/C15H13N3O3S/c19-13-9-3-1-2-4-11(9)21-7-10(13)16-15(20)14-12(8-5-6-8)17-18-22-14/h1-4,8,10H,5-7H2,(H,16,20). The number of benzene rings is 1. The van der Waals surface area contributed by atoms with Crippen LogP contribution in [0.5, 0.6) is 5.75 Å². The Labute approximate surface area is 130 Å². The average Bonchev–Trinajstić information content (AvgIpc) is 3.27. The summed E-state index contributed by atoms with van der Waals surface area (Å²) >= 11 is 1.08. The average molecular weight is 315 g/mol. The van der Waals surface area contributed by atoms with E-state index in [-0.39, 0.29) is 18.3 Å². The van der Waals surface area contributed by atoms with Crippen molar-refractivity contribution in [2.24, 2.45) is 0 Å². The van der Waals surface area contributed by atoms with Gasteiger partial charge in [0.1, 0.15) is 23.3 Å². The summed E-state index contributed by atoms with van der Waals surface area (Å²) in [6.07, 6.45) is 2.09. The molecule has 0 bridgehead atoms. The van der Waals surface area contributed by atoms with Crippen LogP contribution >= 0.6 is 11.5 Å². The summed E-state index contributed by atoms with van der Waals surface area (Å²) in [6.45, 7) is 0.145. The van der Waals surface area contributed by atoms with Gasteiger partial charge >= 0.3 is 0 Å². The molecule has 1 atom stereocenters. The molecule has 1 aliphatic carbocycles. The highest BCUT2D eigenvalue weighted by atomic mass is 32.1. The molecule has 112 valence electrons. The van der Waals surface area contributed by atoms with Crippen molar-refractivity contribution < 1.29 is 14.3 Å². The van der Waals surface area contributed by atoms with Gasteiger partial charge in [0, 0.05) is 5.92 Å². The summed E-state index contributed by atoms with van der Waals surface area (Å²) in [4.78, 5) is 25.3. The minimum atomic E-state index is -0.670. The first-order valence-corrected chi connectivity index (χ1v) is 7.90. The van der Waals surface area contributed by atoms with Gasteiger partial charge in [0.25, 0.3) is 5.91 Å². The van der Waals surface area contributed by atoms with E-state index in [1.165, 1.54) is 0 Å². The van der Waals surface area contributed by atoms with Crippen LogP contribution in [0, 0.1) is 0 Å². The maximum atomic E-state index is 12.4. The van der Waals surface area contributed by atoms with E-state index in [9.17, 15) is 9.59 Å². The zero-order chi connectivity index (χ0) is 15.1. The van der Waals surface area contributed by atoms with E-state index >= 15 is 0 Å². The molecule has 1 N–H and O–H groups in total. The second-order valence-electron chi connectivity index (χ2n) is 5.46. The molecular formula is C15H13N3O3S. The van der Waals surface area contributed by atoms with E-state index in [0.29, 0.717) is 22.1 Å². The van der Waals surface area contributed by atoms with Gasteiger partial charge in [0.2, 0.25) is 0 Å². The number of ether oxygens (including phenoxy) is 1. The minimum Gasteiger partial charge on any atom is -0.490 e. The summed E-state index contributed by atoms with van der Waals surface area (Å²) < 4.78 is 9.42. The number of ketones is 1. The van der Waals surface area contributed by atoms with Crippen LogP contribution in [0.2, 0.25) is 0 Å². The number of amides is 1. The number of nitrogens with zero attached hydrogens (tertiary/aromatic N) is 2. The number of Topliss-reactive ketones (excluding diaryl/α,β-unsaturated/α-hetero) is 1. The Balaban J connectivity index is 1.53. The molecule has 1 aromatic carbocycles. The summed E-state index contributed by atoms with van der Waals surface area (Å²) in [5, 5.41) is 6.79. The van der Waals surface area contributed by atoms with E-state index in [1.54, 1.807) is 18.2 Å². The molecule has 0 saturated heterocycles. The molecule has 1 aliphatic heterocycles. The third-order valence-electron chi connectivity index (χ3n) is 3.86. The van der Waals surface area contributed by atoms with Gasteiger partial charge in [-0.15, -0.1) is 5.10 Å². The van der Waals surface area contributed by atoms with Crippen molar-refractivity contribution >= 4 is 23.2 Å². The molecule has 6 nitrogen and oxygen atoms in total. The first-order chi connectivity index (χ1) is 10.7. The highest BCUT2D eigenvalue weighted by molar-refractivity contribution is 7.08. The molecule has 0 radical (unpaired) electrons. The zero-order valence-corrected chi connectivity index (χ0v) is 12.4. The highest BCUT2D eigenvalue weighted by Gasteiger charge is 2.34. The number of fused-ring (bicyclic) bond motifs is 1. The second-order valence-corrected chi connectivity index (χ2v) is 6.21. The maximum absolute atomic E-state index is 12.4. The van der Waals surface area contributed by atoms with Crippen LogP contribution in [0.15, 0.2) is 24.3 Å². The van der Waals surface area contributed by atoms with Crippen LogP contribution in [-0.2, 0) is 0 Å². The molecule has 2 heterocycles. The molecule has 1 amide bonds. The smallest absolute Gasteiger partial charge is 0.265 e. The first kappa shape index (κ1) is 13.4. The van der Waals surface area contributed by atoms with Crippen molar-refractivity contribution in [1.29, 1.82) is 0 Å². The van der Waals surface area contributed by atoms with Crippen LogP contribution in [0.3, 0.4) is 0 Å². The molecule has 1 aromatic heterocycles. The monoisotopic (exact) mass is 315 g/mol. The van der Waals surface area contributed by atoms with Crippen molar-refractivity contribution in [1.82, 2.24) is 14.9 Å². The number of para-hydroxylation sites is 1. The number of hydrogen-bond acceptors (Lipinski definition) is 6. The Bertz CT molecular complexity index is 754. The number of nitrogens with one attached hydrogen (secondary N) is 1. The number of hydrogen-bond donors (Lipinski definition) is 1. The zero-order valence-electron chi connectivity index (χ0n) is 11.6. The fourth-order valence-electron chi connectivity index (χ4n) is 2.54. The van der Waals surface area contributed by atoms with Crippen molar-refractivity contribution in [2.45, 2.75) is 24.8 Å². The van der Waals surface area contributed by atoms with Gasteiger partial charge in [-0.2, -0.15) is 0 Å². The lowest BCUT2D eigenvalue weighted by atomic mass is 10.0. The van der Waals surface area contributed by atoms with E-state index in [2.05, 4.69) is 14.9 Å². The van der Waals surface area contributed by atoms with E-state index < -0.39 is 6.04 Å². The molecule has 22 heavy (non-hydrogen) atoms. The molecule has 2 aliphatic rings. The Morgan fingerprint density at radius 3 is 2.95 bits per heavy atom. The molecular weight excluding hydrogens is 302 g/mol. The van der Waals surface area contributed by atoms with Gasteiger partial charge in [-0.25, -0.2) is 0 Å². The Morgan fingerprint density at radius 2 is 2.14 bits per heavy atom.